The van der Waals surface area contributed by atoms with Gasteiger partial charge in [-0.2, -0.15) is 0 Å². The zero-order valence-corrected chi connectivity index (χ0v) is 13.0. The van der Waals surface area contributed by atoms with Crippen molar-refractivity contribution in [2.75, 3.05) is 5.32 Å². The van der Waals surface area contributed by atoms with Crippen molar-refractivity contribution in [1.82, 2.24) is 4.98 Å². The standard InChI is InChI=1S/C14H17N3OS.ClH/c1-9(2)12(15)13(18)17-14-16-11(8-19-14)10-6-4-3-5-7-10;/h3-9,12H,15H2,1-2H3,(H,16,17,18);1H/t12-;/m0./s1. The molecule has 0 fully saturated rings. The first-order valence-corrected chi connectivity index (χ1v) is 7.03. The molecule has 1 atom stereocenters. The van der Waals surface area contributed by atoms with Gasteiger partial charge in [0.2, 0.25) is 5.91 Å². The number of nitrogens with two attached hydrogens (primary N) is 1. The fourth-order valence-corrected chi connectivity index (χ4v) is 2.29. The van der Waals surface area contributed by atoms with Crippen molar-refractivity contribution in [1.29, 1.82) is 0 Å². The average molecular weight is 312 g/mol. The Balaban J connectivity index is 0.00000200. The number of carbonyl (C=O) groups excluding carboxylic acids is 1. The number of aromatic nitrogens is 1. The third-order valence-electron chi connectivity index (χ3n) is 2.82. The highest BCUT2D eigenvalue weighted by Crippen LogP contribution is 2.24. The Kier molecular flexibility index (Phi) is 6.13. The number of amides is 1. The summed E-state index contributed by atoms with van der Waals surface area (Å²) in [5.74, 6) is -0.0856. The maximum Gasteiger partial charge on any atom is 0.243 e. The molecular weight excluding hydrogens is 294 g/mol. The summed E-state index contributed by atoms with van der Waals surface area (Å²) in [6.45, 7) is 3.84. The summed E-state index contributed by atoms with van der Waals surface area (Å²) in [4.78, 5) is 16.2. The van der Waals surface area contributed by atoms with E-state index in [-0.39, 0.29) is 24.2 Å². The van der Waals surface area contributed by atoms with Crippen molar-refractivity contribution in [3.05, 3.63) is 35.7 Å². The maximum atomic E-state index is 11.8. The number of rotatable bonds is 4. The van der Waals surface area contributed by atoms with Gasteiger partial charge < -0.3 is 11.1 Å². The van der Waals surface area contributed by atoms with E-state index in [1.54, 1.807) is 0 Å². The van der Waals surface area contributed by atoms with Gasteiger partial charge in [-0.25, -0.2) is 4.98 Å². The minimum Gasteiger partial charge on any atom is -0.320 e. The molecule has 3 N–H and O–H groups in total. The normalized spacial score (nSPS) is 11.8. The number of thiazole rings is 1. The molecule has 0 saturated carbocycles. The quantitative estimate of drug-likeness (QED) is 0.911. The highest BCUT2D eigenvalue weighted by molar-refractivity contribution is 7.14. The summed E-state index contributed by atoms with van der Waals surface area (Å²) < 4.78 is 0. The molecule has 6 heteroatoms. The Hall–Kier alpha value is -1.43. The van der Waals surface area contributed by atoms with E-state index in [9.17, 15) is 4.79 Å². The van der Waals surface area contributed by atoms with E-state index in [2.05, 4.69) is 10.3 Å². The van der Waals surface area contributed by atoms with Crippen LogP contribution in [0.2, 0.25) is 0 Å². The molecule has 1 heterocycles. The molecule has 0 unspecified atom stereocenters. The number of nitrogens with zero attached hydrogens (tertiary/aromatic N) is 1. The number of hydrogen-bond acceptors (Lipinski definition) is 4. The van der Waals surface area contributed by atoms with Gasteiger partial charge in [-0.05, 0) is 5.92 Å². The zero-order valence-electron chi connectivity index (χ0n) is 11.4. The van der Waals surface area contributed by atoms with Crippen LogP contribution in [0, 0.1) is 5.92 Å². The average Bonchev–Trinajstić information content (AvgIpc) is 2.87. The van der Waals surface area contributed by atoms with E-state index in [0.717, 1.165) is 11.3 Å². The fourth-order valence-electron chi connectivity index (χ4n) is 1.56. The zero-order chi connectivity index (χ0) is 13.8. The van der Waals surface area contributed by atoms with Gasteiger partial charge in [-0.3, -0.25) is 4.79 Å². The van der Waals surface area contributed by atoms with E-state index in [1.807, 2.05) is 49.6 Å². The van der Waals surface area contributed by atoms with Crippen molar-refractivity contribution in [3.63, 3.8) is 0 Å². The van der Waals surface area contributed by atoms with E-state index in [0.29, 0.717) is 5.13 Å². The molecule has 1 aromatic heterocycles. The Morgan fingerprint density at radius 1 is 1.30 bits per heavy atom. The molecule has 0 aliphatic carbocycles. The lowest BCUT2D eigenvalue weighted by Gasteiger charge is -2.13. The van der Waals surface area contributed by atoms with Crippen LogP contribution in [-0.2, 0) is 4.79 Å². The SMILES string of the molecule is CC(C)[C@H](N)C(=O)Nc1nc(-c2ccccc2)cs1.Cl. The lowest BCUT2D eigenvalue weighted by Crippen LogP contribution is -2.39. The van der Waals surface area contributed by atoms with Crippen LogP contribution in [0.15, 0.2) is 35.7 Å². The minimum atomic E-state index is -0.510. The summed E-state index contributed by atoms with van der Waals surface area (Å²) in [6.07, 6.45) is 0. The molecule has 2 rings (SSSR count). The monoisotopic (exact) mass is 311 g/mol. The topological polar surface area (TPSA) is 68.0 Å². The maximum absolute atomic E-state index is 11.8. The van der Waals surface area contributed by atoms with E-state index in [1.165, 1.54) is 11.3 Å². The van der Waals surface area contributed by atoms with Crippen molar-refractivity contribution < 1.29 is 4.79 Å². The number of carbonyl (C=O) groups is 1. The Morgan fingerprint density at radius 2 is 1.95 bits per heavy atom. The van der Waals surface area contributed by atoms with Crippen LogP contribution in [0.5, 0.6) is 0 Å². The lowest BCUT2D eigenvalue weighted by molar-refractivity contribution is -0.118. The molecule has 1 aromatic carbocycles. The molecule has 0 aliphatic heterocycles. The highest BCUT2D eigenvalue weighted by atomic mass is 35.5. The molecule has 4 nitrogen and oxygen atoms in total. The fraction of sp³-hybridized carbons (Fsp3) is 0.286. The second kappa shape index (κ2) is 7.38. The molecular formula is C14H18ClN3OS. The van der Waals surface area contributed by atoms with Crippen molar-refractivity contribution in [2.24, 2.45) is 11.7 Å². The molecule has 0 bridgehead atoms. The Labute approximate surface area is 128 Å². The summed E-state index contributed by atoms with van der Waals surface area (Å²) in [5.41, 5.74) is 7.69. The predicted molar refractivity (Wildman–Crippen MR) is 86.2 cm³/mol. The molecule has 1 amide bonds. The molecule has 0 radical (unpaired) electrons. The van der Waals surface area contributed by atoms with Gasteiger partial charge in [0, 0.05) is 10.9 Å². The van der Waals surface area contributed by atoms with Crippen LogP contribution in [0.3, 0.4) is 0 Å². The molecule has 2 aromatic rings. The smallest absolute Gasteiger partial charge is 0.243 e. The molecule has 0 saturated heterocycles. The largest absolute Gasteiger partial charge is 0.320 e. The van der Waals surface area contributed by atoms with Gasteiger partial charge >= 0.3 is 0 Å². The van der Waals surface area contributed by atoms with Crippen LogP contribution >= 0.6 is 23.7 Å². The number of nitrogens with one attached hydrogen (secondary N) is 1. The van der Waals surface area contributed by atoms with Gasteiger partial charge in [0.05, 0.1) is 11.7 Å². The van der Waals surface area contributed by atoms with Crippen LogP contribution in [0.4, 0.5) is 5.13 Å². The summed E-state index contributed by atoms with van der Waals surface area (Å²) >= 11 is 1.40. The molecule has 20 heavy (non-hydrogen) atoms. The molecule has 108 valence electrons. The Bertz CT molecular complexity index is 557. The third kappa shape index (κ3) is 4.03. The summed E-state index contributed by atoms with van der Waals surface area (Å²) in [5, 5.41) is 5.26. The highest BCUT2D eigenvalue weighted by Gasteiger charge is 2.18. The number of benzene rings is 1. The third-order valence-corrected chi connectivity index (χ3v) is 3.58. The van der Waals surface area contributed by atoms with Gasteiger partial charge in [0.15, 0.2) is 5.13 Å². The first-order valence-electron chi connectivity index (χ1n) is 6.15. The van der Waals surface area contributed by atoms with Crippen LogP contribution in [-0.4, -0.2) is 16.9 Å². The number of anilines is 1. The van der Waals surface area contributed by atoms with Gasteiger partial charge in [-0.15, -0.1) is 23.7 Å². The van der Waals surface area contributed by atoms with Crippen molar-refractivity contribution in [2.45, 2.75) is 19.9 Å². The van der Waals surface area contributed by atoms with E-state index < -0.39 is 6.04 Å². The predicted octanol–water partition coefficient (Wildman–Crippen LogP) is 3.15. The second-order valence-electron chi connectivity index (χ2n) is 4.66. The number of hydrogen-bond donors (Lipinski definition) is 2. The Morgan fingerprint density at radius 3 is 2.55 bits per heavy atom. The van der Waals surface area contributed by atoms with E-state index >= 15 is 0 Å². The summed E-state index contributed by atoms with van der Waals surface area (Å²) in [6, 6.07) is 9.34. The van der Waals surface area contributed by atoms with Crippen LogP contribution < -0.4 is 11.1 Å². The van der Waals surface area contributed by atoms with Gasteiger partial charge in [0.1, 0.15) is 0 Å². The summed E-state index contributed by atoms with van der Waals surface area (Å²) in [7, 11) is 0. The van der Waals surface area contributed by atoms with Gasteiger partial charge in [-0.1, -0.05) is 44.2 Å². The van der Waals surface area contributed by atoms with Crippen molar-refractivity contribution in [3.8, 4) is 11.3 Å². The first-order chi connectivity index (χ1) is 9.08. The van der Waals surface area contributed by atoms with Crippen LogP contribution in [0.1, 0.15) is 13.8 Å². The minimum absolute atomic E-state index is 0. The lowest BCUT2D eigenvalue weighted by atomic mass is 10.1. The van der Waals surface area contributed by atoms with Crippen LogP contribution in [0.25, 0.3) is 11.3 Å². The van der Waals surface area contributed by atoms with E-state index in [4.69, 9.17) is 5.73 Å². The van der Waals surface area contributed by atoms with Crippen molar-refractivity contribution >= 4 is 34.8 Å². The molecule has 0 aliphatic rings. The first kappa shape index (κ1) is 16.6. The number of halogens is 1. The van der Waals surface area contributed by atoms with Gasteiger partial charge in [0.25, 0.3) is 0 Å². The molecule has 0 spiro atoms. The second-order valence-corrected chi connectivity index (χ2v) is 5.52.